The van der Waals surface area contributed by atoms with Crippen LogP contribution in [0.5, 0.6) is 0 Å². The maximum atomic E-state index is 12.2. The number of aliphatic hydroxyl groups excluding tert-OH is 1. The van der Waals surface area contributed by atoms with Crippen molar-refractivity contribution in [3.8, 4) is 0 Å². The largest absolute Gasteiger partial charge is 0.396 e. The van der Waals surface area contributed by atoms with Crippen LogP contribution in [0.25, 0.3) is 0 Å². The molecule has 0 saturated carbocycles. The molecule has 2 aliphatic rings. The molecule has 1 aromatic rings. The van der Waals surface area contributed by atoms with E-state index in [2.05, 4.69) is 5.32 Å². The summed E-state index contributed by atoms with van der Waals surface area (Å²) in [6.07, 6.45) is 6.23. The first-order valence-corrected chi connectivity index (χ1v) is 9.27. The molecule has 0 spiro atoms. The van der Waals surface area contributed by atoms with Gasteiger partial charge in [-0.3, -0.25) is 9.59 Å². The summed E-state index contributed by atoms with van der Waals surface area (Å²) < 4.78 is 0. The van der Waals surface area contributed by atoms with Gasteiger partial charge in [-0.15, -0.1) is 11.3 Å². The van der Waals surface area contributed by atoms with E-state index in [-0.39, 0.29) is 25.0 Å². The molecule has 5 nitrogen and oxygen atoms in total. The van der Waals surface area contributed by atoms with E-state index < -0.39 is 0 Å². The fraction of sp³-hybridized carbons (Fsp3) is 0.647. The van der Waals surface area contributed by atoms with Crippen molar-refractivity contribution in [2.75, 3.05) is 26.2 Å². The lowest BCUT2D eigenvalue weighted by Crippen LogP contribution is -2.44. The Morgan fingerprint density at radius 2 is 2.00 bits per heavy atom. The van der Waals surface area contributed by atoms with Crippen molar-refractivity contribution in [3.05, 3.63) is 21.4 Å². The number of aryl methyl sites for hydroxylation is 2. The monoisotopic (exact) mass is 336 g/mol. The van der Waals surface area contributed by atoms with E-state index in [0.29, 0.717) is 19.0 Å². The summed E-state index contributed by atoms with van der Waals surface area (Å²) in [5.41, 5.74) is 1.31. The predicted octanol–water partition coefficient (Wildman–Crippen LogP) is 1.59. The van der Waals surface area contributed by atoms with Gasteiger partial charge in [0.1, 0.15) is 0 Å². The van der Waals surface area contributed by atoms with Gasteiger partial charge in [0.25, 0.3) is 5.91 Å². The number of hydrogen-bond donors (Lipinski definition) is 2. The summed E-state index contributed by atoms with van der Waals surface area (Å²) in [6.45, 7) is 1.60. The van der Waals surface area contributed by atoms with Crippen LogP contribution in [0.1, 0.15) is 45.8 Å². The number of carbonyl (C=O) groups is 2. The number of fused-ring (bicyclic) bond motifs is 1. The molecule has 6 heteroatoms. The molecule has 3 rings (SSSR count). The minimum Gasteiger partial charge on any atom is -0.396 e. The van der Waals surface area contributed by atoms with Crippen molar-refractivity contribution in [2.45, 2.75) is 38.5 Å². The van der Waals surface area contributed by atoms with Gasteiger partial charge < -0.3 is 15.3 Å². The smallest absolute Gasteiger partial charge is 0.261 e. The van der Waals surface area contributed by atoms with Crippen LogP contribution >= 0.6 is 11.3 Å². The zero-order chi connectivity index (χ0) is 16.2. The van der Waals surface area contributed by atoms with Gasteiger partial charge in [0.2, 0.25) is 5.91 Å². The van der Waals surface area contributed by atoms with Gasteiger partial charge in [-0.2, -0.15) is 0 Å². The van der Waals surface area contributed by atoms with Crippen LogP contribution < -0.4 is 5.32 Å². The van der Waals surface area contributed by atoms with E-state index in [4.69, 9.17) is 5.11 Å². The molecule has 0 atom stereocenters. The number of piperidine rings is 1. The third kappa shape index (κ3) is 3.93. The van der Waals surface area contributed by atoms with E-state index in [0.717, 1.165) is 30.6 Å². The van der Waals surface area contributed by atoms with Crippen molar-refractivity contribution >= 4 is 23.2 Å². The summed E-state index contributed by atoms with van der Waals surface area (Å²) >= 11 is 1.57. The van der Waals surface area contributed by atoms with Crippen LogP contribution in [-0.4, -0.2) is 48.1 Å². The van der Waals surface area contributed by atoms with Gasteiger partial charge in [-0.05, 0) is 56.1 Å². The lowest BCUT2D eigenvalue weighted by molar-refractivity contribution is -0.131. The Labute approximate surface area is 140 Å². The van der Waals surface area contributed by atoms with Crippen LogP contribution in [0.4, 0.5) is 0 Å². The fourth-order valence-electron chi connectivity index (χ4n) is 3.32. The summed E-state index contributed by atoms with van der Waals surface area (Å²) in [4.78, 5) is 28.3. The van der Waals surface area contributed by atoms with E-state index >= 15 is 0 Å². The topological polar surface area (TPSA) is 69.6 Å². The lowest BCUT2D eigenvalue weighted by Gasteiger charge is -2.31. The number of likely N-dealkylation sites (tertiary alicyclic amines) is 1. The SMILES string of the molecule is O=C(NCC(=O)N1CCC(CO)CC1)c1cc2c(s1)CCCC2. The van der Waals surface area contributed by atoms with Crippen LogP contribution in [0.15, 0.2) is 6.07 Å². The minimum absolute atomic E-state index is 0.0314. The first kappa shape index (κ1) is 16.5. The number of aliphatic hydroxyl groups is 1. The first-order chi connectivity index (χ1) is 11.2. The molecule has 126 valence electrons. The molecule has 0 radical (unpaired) electrons. The maximum absolute atomic E-state index is 12.2. The number of carbonyl (C=O) groups excluding carboxylic acids is 2. The van der Waals surface area contributed by atoms with Gasteiger partial charge in [0.05, 0.1) is 11.4 Å². The third-order valence-corrected chi connectivity index (χ3v) is 6.08. The minimum atomic E-state index is -0.136. The highest BCUT2D eigenvalue weighted by atomic mass is 32.1. The molecule has 1 saturated heterocycles. The lowest BCUT2D eigenvalue weighted by atomic mass is 9.98. The van der Waals surface area contributed by atoms with Crippen LogP contribution in [-0.2, 0) is 17.6 Å². The Morgan fingerprint density at radius 3 is 2.70 bits per heavy atom. The average molecular weight is 336 g/mol. The molecule has 1 aromatic heterocycles. The van der Waals surface area contributed by atoms with Crippen LogP contribution in [0, 0.1) is 5.92 Å². The highest BCUT2D eigenvalue weighted by molar-refractivity contribution is 7.14. The molecule has 1 aliphatic carbocycles. The zero-order valence-electron chi connectivity index (χ0n) is 13.3. The summed E-state index contributed by atoms with van der Waals surface area (Å²) in [5.74, 6) is 0.144. The van der Waals surface area contributed by atoms with Crippen molar-refractivity contribution in [1.29, 1.82) is 0 Å². The summed E-state index contributed by atoms with van der Waals surface area (Å²) in [7, 11) is 0. The van der Waals surface area contributed by atoms with E-state index in [1.165, 1.54) is 23.3 Å². The van der Waals surface area contributed by atoms with Gasteiger partial charge >= 0.3 is 0 Å². The van der Waals surface area contributed by atoms with Gasteiger partial charge in [-0.25, -0.2) is 0 Å². The van der Waals surface area contributed by atoms with Crippen LogP contribution in [0.2, 0.25) is 0 Å². The molecule has 1 fully saturated rings. The normalized spacial score (nSPS) is 18.6. The second-order valence-electron chi connectivity index (χ2n) is 6.46. The number of nitrogens with zero attached hydrogens (tertiary/aromatic N) is 1. The van der Waals surface area contributed by atoms with E-state index in [1.54, 1.807) is 16.2 Å². The van der Waals surface area contributed by atoms with Crippen molar-refractivity contribution in [1.82, 2.24) is 10.2 Å². The molecule has 2 N–H and O–H groups in total. The van der Waals surface area contributed by atoms with Gasteiger partial charge in [0, 0.05) is 24.6 Å². The molecular formula is C17H24N2O3S. The molecule has 0 bridgehead atoms. The number of thiophene rings is 1. The van der Waals surface area contributed by atoms with Gasteiger partial charge in [-0.1, -0.05) is 0 Å². The first-order valence-electron chi connectivity index (χ1n) is 8.46. The molecule has 0 unspecified atom stereocenters. The molecule has 1 aliphatic heterocycles. The molecule has 2 heterocycles. The third-order valence-electron chi connectivity index (χ3n) is 4.85. The Hall–Kier alpha value is -1.40. The number of hydrogen-bond acceptors (Lipinski definition) is 4. The highest BCUT2D eigenvalue weighted by Crippen LogP contribution is 2.29. The average Bonchev–Trinajstić information content (AvgIpc) is 3.03. The standard InChI is InChI=1S/C17H24N2O3S/c20-11-12-5-7-19(8-6-12)16(21)10-18-17(22)15-9-13-3-1-2-4-14(13)23-15/h9,12,20H,1-8,10-11H2,(H,18,22). The molecule has 0 aromatic carbocycles. The Kier molecular flexibility index (Phi) is 5.33. The Bertz CT molecular complexity index is 553. The fourth-order valence-corrected chi connectivity index (χ4v) is 4.49. The molecule has 23 heavy (non-hydrogen) atoms. The number of amides is 2. The highest BCUT2D eigenvalue weighted by Gasteiger charge is 2.23. The second-order valence-corrected chi connectivity index (χ2v) is 7.59. The Balaban J connectivity index is 1.49. The number of rotatable bonds is 4. The quantitative estimate of drug-likeness (QED) is 0.877. The van der Waals surface area contributed by atoms with Crippen molar-refractivity contribution in [2.24, 2.45) is 5.92 Å². The summed E-state index contributed by atoms with van der Waals surface area (Å²) in [5, 5.41) is 11.9. The zero-order valence-corrected chi connectivity index (χ0v) is 14.2. The van der Waals surface area contributed by atoms with Crippen molar-refractivity contribution < 1.29 is 14.7 Å². The van der Waals surface area contributed by atoms with Gasteiger partial charge in [0.15, 0.2) is 0 Å². The summed E-state index contributed by atoms with van der Waals surface area (Å²) in [6, 6.07) is 1.99. The predicted molar refractivity (Wildman–Crippen MR) is 89.7 cm³/mol. The van der Waals surface area contributed by atoms with E-state index in [1.807, 2.05) is 6.07 Å². The number of nitrogens with one attached hydrogen (secondary N) is 1. The maximum Gasteiger partial charge on any atom is 0.261 e. The second kappa shape index (κ2) is 7.45. The van der Waals surface area contributed by atoms with E-state index in [9.17, 15) is 9.59 Å². The van der Waals surface area contributed by atoms with Crippen molar-refractivity contribution in [3.63, 3.8) is 0 Å². The van der Waals surface area contributed by atoms with Crippen LogP contribution in [0.3, 0.4) is 0 Å². The molecule has 2 amide bonds. The molecular weight excluding hydrogens is 312 g/mol. The Morgan fingerprint density at radius 1 is 1.26 bits per heavy atom.